The molecule has 108 valence electrons. The lowest BCUT2D eigenvalue weighted by atomic mass is 9.84. The van der Waals surface area contributed by atoms with E-state index in [1.54, 1.807) is 0 Å². The van der Waals surface area contributed by atoms with Crippen LogP contribution in [0, 0.1) is 11.6 Å². The van der Waals surface area contributed by atoms with Gasteiger partial charge in [0.2, 0.25) is 0 Å². The van der Waals surface area contributed by atoms with Crippen molar-refractivity contribution in [2.75, 3.05) is 11.9 Å². The predicted molar refractivity (Wildman–Crippen MR) is 80.7 cm³/mol. The van der Waals surface area contributed by atoms with Crippen LogP contribution in [0.2, 0.25) is 0 Å². The van der Waals surface area contributed by atoms with Gasteiger partial charge in [0.15, 0.2) is 11.6 Å². The van der Waals surface area contributed by atoms with E-state index in [0.717, 1.165) is 17.3 Å². The number of hydrogen-bond donors (Lipinski definition) is 1. The van der Waals surface area contributed by atoms with E-state index in [-0.39, 0.29) is 4.47 Å². The molecule has 1 unspecified atom stereocenters. The minimum atomic E-state index is -0.837. The van der Waals surface area contributed by atoms with E-state index >= 15 is 0 Å². The van der Waals surface area contributed by atoms with Crippen LogP contribution in [0.25, 0.3) is 0 Å². The van der Waals surface area contributed by atoms with Gasteiger partial charge in [0.25, 0.3) is 0 Å². The fourth-order valence-corrected chi connectivity index (χ4v) is 3.00. The molecule has 0 aliphatic carbocycles. The number of hydrogen-bond acceptors (Lipinski definition) is 2. The highest BCUT2D eigenvalue weighted by Crippen LogP contribution is 2.35. The normalized spacial score (nSPS) is 17.0. The molecule has 0 fully saturated rings. The Morgan fingerprint density at radius 1 is 1.19 bits per heavy atom. The molecule has 2 aromatic carbocycles. The molecule has 2 aromatic rings. The maximum atomic E-state index is 14.1. The van der Waals surface area contributed by atoms with Crippen molar-refractivity contribution in [2.24, 2.45) is 0 Å². The first kappa shape index (κ1) is 14.2. The third-order valence-corrected chi connectivity index (χ3v) is 4.30. The number of para-hydroxylation sites is 1. The van der Waals surface area contributed by atoms with Crippen LogP contribution < -0.4 is 5.32 Å². The molecule has 3 rings (SSSR count). The van der Waals surface area contributed by atoms with Gasteiger partial charge in [0.1, 0.15) is 5.82 Å². The van der Waals surface area contributed by atoms with Gasteiger partial charge in [-0.2, -0.15) is 0 Å². The molecule has 0 bridgehead atoms. The van der Waals surface area contributed by atoms with Crippen LogP contribution in [0.5, 0.6) is 0 Å². The molecule has 2 nitrogen and oxygen atoms in total. The third kappa shape index (κ3) is 2.46. The molecule has 1 heterocycles. The number of fused-ring (bicyclic) bond motifs is 1. The molecule has 0 spiro atoms. The van der Waals surface area contributed by atoms with Crippen LogP contribution in [-0.2, 0) is 0 Å². The minimum absolute atomic E-state index is 0.0921. The quantitative estimate of drug-likeness (QED) is 0.637. The Hall–Kier alpha value is -1.75. The van der Waals surface area contributed by atoms with Crippen molar-refractivity contribution in [1.29, 1.82) is 0 Å². The summed E-state index contributed by atoms with van der Waals surface area (Å²) < 4.78 is 28.1. The number of carbonyl (C=O) groups is 1. The summed E-state index contributed by atoms with van der Waals surface area (Å²) in [5, 5.41) is 3.19. The van der Waals surface area contributed by atoms with Gasteiger partial charge in [-0.05, 0) is 46.1 Å². The maximum Gasteiger partial charge on any atom is 0.176 e. The Kier molecular flexibility index (Phi) is 3.76. The van der Waals surface area contributed by atoms with Gasteiger partial charge in [-0.15, -0.1) is 0 Å². The first-order chi connectivity index (χ1) is 10.1. The van der Waals surface area contributed by atoms with Gasteiger partial charge in [0.05, 0.1) is 16.0 Å². The number of halogens is 3. The third-order valence-electron chi connectivity index (χ3n) is 3.69. The van der Waals surface area contributed by atoms with Crippen LogP contribution in [-0.4, -0.2) is 12.3 Å². The molecule has 0 saturated carbocycles. The predicted octanol–water partition coefficient (Wildman–Crippen LogP) is 4.51. The Morgan fingerprint density at radius 2 is 1.95 bits per heavy atom. The first-order valence-corrected chi connectivity index (χ1v) is 7.39. The van der Waals surface area contributed by atoms with E-state index < -0.39 is 28.9 Å². The molecule has 1 aliphatic heterocycles. The molecule has 0 radical (unpaired) electrons. The van der Waals surface area contributed by atoms with E-state index in [1.165, 1.54) is 6.07 Å². The SMILES string of the molecule is O=C(c1c(F)ccc(Br)c1F)C1CCNc2ccccc21. The summed E-state index contributed by atoms with van der Waals surface area (Å²) in [6, 6.07) is 9.73. The Morgan fingerprint density at radius 3 is 2.76 bits per heavy atom. The largest absolute Gasteiger partial charge is 0.385 e. The summed E-state index contributed by atoms with van der Waals surface area (Å²) in [6.45, 7) is 0.602. The molecule has 1 N–H and O–H groups in total. The number of nitrogens with one attached hydrogen (secondary N) is 1. The monoisotopic (exact) mass is 351 g/mol. The van der Waals surface area contributed by atoms with Crippen LogP contribution in [0.3, 0.4) is 0 Å². The minimum Gasteiger partial charge on any atom is -0.385 e. The fraction of sp³-hybridized carbons (Fsp3) is 0.188. The van der Waals surface area contributed by atoms with E-state index in [4.69, 9.17) is 0 Å². The topological polar surface area (TPSA) is 29.1 Å². The Labute approximate surface area is 129 Å². The molecule has 0 saturated heterocycles. The lowest BCUT2D eigenvalue weighted by molar-refractivity contribution is 0.0947. The van der Waals surface area contributed by atoms with E-state index in [2.05, 4.69) is 21.2 Å². The summed E-state index contributed by atoms with van der Waals surface area (Å²) in [5.41, 5.74) is 1.16. The second kappa shape index (κ2) is 5.56. The molecule has 21 heavy (non-hydrogen) atoms. The maximum absolute atomic E-state index is 14.1. The Balaban J connectivity index is 2.07. The number of anilines is 1. The van der Waals surface area contributed by atoms with E-state index in [0.29, 0.717) is 13.0 Å². The lowest BCUT2D eigenvalue weighted by Gasteiger charge is -2.26. The van der Waals surface area contributed by atoms with Crippen LogP contribution in [0.15, 0.2) is 40.9 Å². The lowest BCUT2D eigenvalue weighted by Crippen LogP contribution is -2.24. The van der Waals surface area contributed by atoms with Crippen molar-refractivity contribution in [2.45, 2.75) is 12.3 Å². The van der Waals surface area contributed by atoms with Crippen molar-refractivity contribution in [3.05, 3.63) is 63.6 Å². The molecule has 5 heteroatoms. The molecule has 0 aromatic heterocycles. The smallest absolute Gasteiger partial charge is 0.176 e. The van der Waals surface area contributed by atoms with Gasteiger partial charge in [-0.3, -0.25) is 4.79 Å². The molecular formula is C16H12BrF2NO. The number of carbonyl (C=O) groups excluding carboxylic acids is 1. The number of Topliss-reactive ketones (excluding diaryl/α,β-unsaturated/α-hetero) is 1. The van der Waals surface area contributed by atoms with Crippen molar-refractivity contribution in [3.8, 4) is 0 Å². The highest BCUT2D eigenvalue weighted by atomic mass is 79.9. The van der Waals surface area contributed by atoms with Gasteiger partial charge in [0, 0.05) is 12.2 Å². The highest BCUT2D eigenvalue weighted by Gasteiger charge is 2.31. The molecule has 1 aliphatic rings. The van der Waals surface area contributed by atoms with Crippen molar-refractivity contribution < 1.29 is 13.6 Å². The zero-order valence-corrected chi connectivity index (χ0v) is 12.6. The van der Waals surface area contributed by atoms with Gasteiger partial charge in [-0.25, -0.2) is 8.78 Å². The molecular weight excluding hydrogens is 340 g/mol. The standard InChI is InChI=1S/C16H12BrF2NO/c17-11-5-6-12(18)14(15(11)19)16(21)10-7-8-20-13-4-2-1-3-9(10)13/h1-6,10,20H,7-8H2. The van der Waals surface area contributed by atoms with Crippen molar-refractivity contribution >= 4 is 27.4 Å². The second-order valence-corrected chi connectivity index (χ2v) is 5.79. The zero-order chi connectivity index (χ0) is 15.0. The van der Waals surface area contributed by atoms with Crippen LogP contribution >= 0.6 is 15.9 Å². The number of rotatable bonds is 2. The zero-order valence-electron chi connectivity index (χ0n) is 11.0. The average molecular weight is 352 g/mol. The summed E-state index contributed by atoms with van der Waals surface area (Å²) in [4.78, 5) is 12.6. The van der Waals surface area contributed by atoms with Gasteiger partial charge in [-0.1, -0.05) is 18.2 Å². The average Bonchev–Trinajstić information content (AvgIpc) is 2.50. The van der Waals surface area contributed by atoms with Crippen molar-refractivity contribution in [1.82, 2.24) is 0 Å². The fourth-order valence-electron chi connectivity index (χ4n) is 2.67. The summed E-state index contributed by atoms with van der Waals surface area (Å²) in [6.07, 6.45) is 0.515. The van der Waals surface area contributed by atoms with Crippen LogP contribution in [0.1, 0.15) is 28.3 Å². The highest BCUT2D eigenvalue weighted by molar-refractivity contribution is 9.10. The summed E-state index contributed by atoms with van der Waals surface area (Å²) >= 11 is 3.00. The molecule has 1 atom stereocenters. The summed E-state index contributed by atoms with van der Waals surface area (Å²) in [7, 11) is 0. The van der Waals surface area contributed by atoms with E-state index in [1.807, 2.05) is 24.3 Å². The Bertz CT molecular complexity index is 717. The molecule has 0 amide bonds. The van der Waals surface area contributed by atoms with E-state index in [9.17, 15) is 13.6 Å². The van der Waals surface area contributed by atoms with Gasteiger partial charge >= 0.3 is 0 Å². The van der Waals surface area contributed by atoms with Crippen molar-refractivity contribution in [3.63, 3.8) is 0 Å². The number of ketones is 1. The van der Waals surface area contributed by atoms with Gasteiger partial charge < -0.3 is 5.32 Å². The first-order valence-electron chi connectivity index (χ1n) is 6.60. The summed E-state index contributed by atoms with van der Waals surface area (Å²) in [5.74, 6) is -2.70. The number of benzene rings is 2. The second-order valence-electron chi connectivity index (χ2n) is 4.94. The van der Waals surface area contributed by atoms with Crippen LogP contribution in [0.4, 0.5) is 14.5 Å².